The first-order chi connectivity index (χ1) is 12.6. The number of rotatable bonds is 7. The smallest absolute Gasteiger partial charge is 0.229 e. The Balaban J connectivity index is 1.59. The van der Waals surface area contributed by atoms with E-state index in [1.54, 1.807) is 25.4 Å². The van der Waals surface area contributed by atoms with E-state index >= 15 is 0 Å². The van der Waals surface area contributed by atoms with Gasteiger partial charge >= 0.3 is 0 Å². The van der Waals surface area contributed by atoms with Crippen LogP contribution in [-0.2, 0) is 6.42 Å². The molecule has 0 spiro atoms. The van der Waals surface area contributed by atoms with Crippen molar-refractivity contribution in [1.29, 1.82) is 0 Å². The van der Waals surface area contributed by atoms with Gasteiger partial charge in [-0.25, -0.2) is 9.37 Å². The highest BCUT2D eigenvalue weighted by Gasteiger charge is 2.04. The quantitative estimate of drug-likeness (QED) is 0.630. The number of methoxy groups -OCH3 is 1. The average molecular weight is 373 g/mol. The Hall–Kier alpha value is -2.86. The van der Waals surface area contributed by atoms with Crippen LogP contribution in [-0.4, -0.2) is 23.6 Å². The summed E-state index contributed by atoms with van der Waals surface area (Å²) in [6.45, 7) is 0.714. The van der Waals surface area contributed by atoms with E-state index in [0.29, 0.717) is 24.0 Å². The molecule has 1 aromatic heterocycles. The van der Waals surface area contributed by atoms with Gasteiger partial charge in [0.2, 0.25) is 5.95 Å². The van der Waals surface area contributed by atoms with Crippen molar-refractivity contribution in [1.82, 2.24) is 9.97 Å². The summed E-state index contributed by atoms with van der Waals surface area (Å²) in [6.07, 6.45) is 2.48. The topological polar surface area (TPSA) is 59.1 Å². The summed E-state index contributed by atoms with van der Waals surface area (Å²) >= 11 is 5.78. The molecule has 2 N–H and O–H groups in total. The van der Waals surface area contributed by atoms with Crippen molar-refractivity contribution in [2.75, 3.05) is 24.3 Å². The van der Waals surface area contributed by atoms with Crippen molar-refractivity contribution in [3.8, 4) is 5.75 Å². The molecule has 7 heteroatoms. The van der Waals surface area contributed by atoms with Gasteiger partial charge in [0.1, 0.15) is 17.4 Å². The highest BCUT2D eigenvalue weighted by Crippen LogP contribution is 2.21. The number of nitrogens with zero attached hydrogens (tertiary/aromatic N) is 2. The summed E-state index contributed by atoms with van der Waals surface area (Å²) in [6, 6.07) is 14.1. The monoisotopic (exact) mass is 372 g/mol. The van der Waals surface area contributed by atoms with E-state index in [2.05, 4.69) is 26.7 Å². The van der Waals surface area contributed by atoms with Crippen molar-refractivity contribution in [2.24, 2.45) is 0 Å². The molecule has 5 nitrogen and oxygen atoms in total. The predicted octanol–water partition coefficient (Wildman–Crippen LogP) is 4.68. The second-order valence-electron chi connectivity index (χ2n) is 5.55. The summed E-state index contributed by atoms with van der Waals surface area (Å²) in [7, 11) is 1.65. The fraction of sp³-hybridized carbons (Fsp3) is 0.158. The third-order valence-electron chi connectivity index (χ3n) is 3.69. The molecule has 0 unspecified atom stereocenters. The van der Waals surface area contributed by atoms with Crippen LogP contribution in [0.5, 0.6) is 5.75 Å². The Morgan fingerprint density at radius 1 is 1.15 bits per heavy atom. The highest BCUT2D eigenvalue weighted by molar-refractivity contribution is 6.31. The van der Waals surface area contributed by atoms with Crippen molar-refractivity contribution < 1.29 is 9.13 Å². The minimum Gasteiger partial charge on any atom is -0.497 e. The molecule has 0 aliphatic heterocycles. The third kappa shape index (κ3) is 4.83. The fourth-order valence-electron chi connectivity index (χ4n) is 2.38. The first kappa shape index (κ1) is 17.9. The Morgan fingerprint density at radius 2 is 2.04 bits per heavy atom. The van der Waals surface area contributed by atoms with Crippen LogP contribution >= 0.6 is 11.6 Å². The lowest BCUT2D eigenvalue weighted by Gasteiger charge is -2.09. The van der Waals surface area contributed by atoms with E-state index in [4.69, 9.17) is 16.3 Å². The van der Waals surface area contributed by atoms with Gasteiger partial charge in [-0.2, -0.15) is 4.98 Å². The first-order valence-electron chi connectivity index (χ1n) is 8.06. The maximum absolute atomic E-state index is 13.2. The van der Waals surface area contributed by atoms with Crippen LogP contribution in [0.2, 0.25) is 5.02 Å². The standard InChI is InChI=1S/C19H18ClFN4O/c1-26-15-4-2-3-13(11-15)7-9-22-18-8-10-23-19(25-18)24-14-5-6-17(21)16(20)12-14/h2-6,8,10-12H,7,9H2,1H3,(H2,22,23,24,25). The predicted molar refractivity (Wildman–Crippen MR) is 102 cm³/mol. The Labute approximate surface area is 156 Å². The maximum Gasteiger partial charge on any atom is 0.229 e. The van der Waals surface area contributed by atoms with Gasteiger partial charge in [0.05, 0.1) is 12.1 Å². The van der Waals surface area contributed by atoms with Gasteiger partial charge in [-0.1, -0.05) is 23.7 Å². The molecule has 0 atom stereocenters. The molecule has 0 saturated heterocycles. The lowest BCUT2D eigenvalue weighted by atomic mass is 10.1. The van der Waals surface area contributed by atoms with Crippen molar-refractivity contribution >= 4 is 29.1 Å². The van der Waals surface area contributed by atoms with E-state index in [9.17, 15) is 4.39 Å². The average Bonchev–Trinajstić information content (AvgIpc) is 2.65. The Morgan fingerprint density at radius 3 is 2.85 bits per heavy atom. The van der Waals surface area contributed by atoms with Crippen molar-refractivity contribution in [3.63, 3.8) is 0 Å². The van der Waals surface area contributed by atoms with E-state index in [1.807, 2.05) is 18.2 Å². The molecule has 0 bridgehead atoms. The number of ether oxygens (including phenoxy) is 1. The van der Waals surface area contributed by atoms with Gasteiger partial charge in [-0.05, 0) is 48.4 Å². The molecule has 3 rings (SSSR count). The number of hydrogen-bond acceptors (Lipinski definition) is 5. The summed E-state index contributed by atoms with van der Waals surface area (Å²) in [4.78, 5) is 8.55. The van der Waals surface area contributed by atoms with Crippen LogP contribution in [0.4, 0.5) is 21.8 Å². The Kier molecular flexibility index (Phi) is 5.86. The third-order valence-corrected chi connectivity index (χ3v) is 3.97. The molecular formula is C19H18ClFN4O. The second kappa shape index (κ2) is 8.49. The first-order valence-corrected chi connectivity index (χ1v) is 8.44. The molecule has 0 amide bonds. The van der Waals surface area contributed by atoms with Gasteiger partial charge in [-0.3, -0.25) is 0 Å². The maximum atomic E-state index is 13.2. The Bertz CT molecular complexity index is 891. The zero-order chi connectivity index (χ0) is 18.4. The number of halogens is 2. The molecule has 3 aromatic rings. The number of anilines is 3. The number of benzene rings is 2. The summed E-state index contributed by atoms with van der Waals surface area (Å²) in [5, 5.41) is 6.31. The highest BCUT2D eigenvalue weighted by atomic mass is 35.5. The molecule has 2 aromatic carbocycles. The largest absolute Gasteiger partial charge is 0.497 e. The zero-order valence-electron chi connectivity index (χ0n) is 14.2. The SMILES string of the molecule is COc1cccc(CCNc2ccnc(Nc3ccc(F)c(Cl)c3)n2)c1. The van der Waals surface area contributed by atoms with Crippen LogP contribution in [0.15, 0.2) is 54.7 Å². The van der Waals surface area contributed by atoms with Crippen molar-refractivity contribution in [3.05, 3.63) is 71.1 Å². The molecule has 1 heterocycles. The molecular weight excluding hydrogens is 355 g/mol. The van der Waals surface area contributed by atoms with Crippen LogP contribution in [0.1, 0.15) is 5.56 Å². The van der Waals surface area contributed by atoms with E-state index in [0.717, 1.165) is 12.2 Å². The molecule has 0 fully saturated rings. The van der Waals surface area contributed by atoms with Crippen LogP contribution in [0.3, 0.4) is 0 Å². The fourth-order valence-corrected chi connectivity index (χ4v) is 2.56. The number of hydrogen-bond donors (Lipinski definition) is 2. The van der Waals surface area contributed by atoms with Gasteiger partial charge in [0.25, 0.3) is 0 Å². The second-order valence-corrected chi connectivity index (χ2v) is 5.95. The van der Waals surface area contributed by atoms with Gasteiger partial charge in [-0.15, -0.1) is 0 Å². The minimum absolute atomic E-state index is 0.0440. The van der Waals surface area contributed by atoms with Crippen LogP contribution in [0.25, 0.3) is 0 Å². The summed E-state index contributed by atoms with van der Waals surface area (Å²) < 4.78 is 18.4. The van der Waals surface area contributed by atoms with Gasteiger partial charge in [0, 0.05) is 18.4 Å². The molecule has 0 saturated carbocycles. The van der Waals surface area contributed by atoms with E-state index in [-0.39, 0.29) is 5.02 Å². The molecule has 134 valence electrons. The summed E-state index contributed by atoms with van der Waals surface area (Å²) in [5.74, 6) is 1.47. The zero-order valence-corrected chi connectivity index (χ0v) is 14.9. The molecule has 26 heavy (non-hydrogen) atoms. The van der Waals surface area contributed by atoms with Crippen LogP contribution < -0.4 is 15.4 Å². The lowest BCUT2D eigenvalue weighted by Crippen LogP contribution is -2.08. The summed E-state index contributed by atoms with van der Waals surface area (Å²) in [5.41, 5.74) is 1.79. The minimum atomic E-state index is -0.467. The van der Waals surface area contributed by atoms with Gasteiger partial charge in [0.15, 0.2) is 0 Å². The number of nitrogens with one attached hydrogen (secondary N) is 2. The van der Waals surface area contributed by atoms with E-state index < -0.39 is 5.82 Å². The molecule has 0 aliphatic rings. The molecule has 0 aliphatic carbocycles. The normalized spacial score (nSPS) is 10.4. The van der Waals surface area contributed by atoms with Crippen LogP contribution in [0, 0.1) is 5.82 Å². The van der Waals surface area contributed by atoms with Crippen molar-refractivity contribution in [2.45, 2.75) is 6.42 Å². The lowest BCUT2D eigenvalue weighted by molar-refractivity contribution is 0.414. The van der Waals surface area contributed by atoms with Gasteiger partial charge < -0.3 is 15.4 Å². The molecule has 0 radical (unpaired) electrons. The number of aromatic nitrogens is 2. The van der Waals surface area contributed by atoms with E-state index in [1.165, 1.54) is 17.7 Å².